The first-order valence-corrected chi connectivity index (χ1v) is 13.1. The Balaban J connectivity index is 0.00000106. The molecule has 2 aromatic rings. The maximum Gasteiger partial charge on any atom is 0.336 e. The van der Waals surface area contributed by atoms with Gasteiger partial charge in [0.2, 0.25) is 0 Å². The molecule has 0 bridgehead atoms. The number of aliphatic hydroxyl groups is 1. The van der Waals surface area contributed by atoms with Crippen LogP contribution in [0.25, 0.3) is 0 Å². The van der Waals surface area contributed by atoms with Gasteiger partial charge in [-0.3, -0.25) is 14.4 Å². The predicted octanol–water partition coefficient (Wildman–Crippen LogP) is -0.108. The van der Waals surface area contributed by atoms with Crippen molar-refractivity contribution < 1.29 is 64.4 Å². The van der Waals surface area contributed by atoms with E-state index < -0.39 is 36.4 Å². The van der Waals surface area contributed by atoms with Crippen LogP contribution in [0.3, 0.4) is 0 Å². The van der Waals surface area contributed by atoms with Crippen molar-refractivity contribution in [2.45, 2.75) is 43.9 Å². The number of rotatable bonds is 12. The van der Waals surface area contributed by atoms with Crippen molar-refractivity contribution in [2.75, 3.05) is 32.0 Å². The van der Waals surface area contributed by atoms with Gasteiger partial charge >= 0.3 is 17.9 Å². The topological polar surface area (TPSA) is 281 Å². The first kappa shape index (κ1) is 39.9. The van der Waals surface area contributed by atoms with Gasteiger partial charge in [-0.1, -0.05) is 23.7 Å². The molecule has 2 atom stereocenters. The highest BCUT2D eigenvalue weighted by molar-refractivity contribution is 6.33. The third kappa shape index (κ3) is 12.3. The normalized spacial score (nSPS) is 14.8. The molecule has 0 spiro atoms. The van der Waals surface area contributed by atoms with Crippen molar-refractivity contribution in [2.24, 2.45) is 0 Å². The number of anilines is 1. The van der Waals surface area contributed by atoms with Crippen molar-refractivity contribution in [1.29, 1.82) is 0 Å². The first-order valence-electron chi connectivity index (χ1n) is 12.7. The minimum absolute atomic E-state index is 0. The number of carbonyl (C=O) groups excluding carboxylic acids is 1. The molecule has 0 saturated carbocycles. The number of morpholine rings is 1. The molecule has 2 unspecified atom stereocenters. The fourth-order valence-corrected chi connectivity index (χ4v) is 4.14. The molecule has 1 aliphatic rings. The van der Waals surface area contributed by atoms with Crippen LogP contribution >= 0.6 is 11.6 Å². The molecule has 0 aliphatic carbocycles. The van der Waals surface area contributed by atoms with E-state index in [1.807, 2.05) is 6.92 Å². The van der Waals surface area contributed by atoms with E-state index in [0.717, 1.165) is 12.1 Å². The molecule has 17 heteroatoms. The van der Waals surface area contributed by atoms with Gasteiger partial charge in [-0.2, -0.15) is 0 Å². The third-order valence-electron chi connectivity index (χ3n) is 6.02. The quantitative estimate of drug-likeness (QED) is 0.148. The highest BCUT2D eigenvalue weighted by atomic mass is 35.5. The van der Waals surface area contributed by atoms with Crippen molar-refractivity contribution in [3.05, 3.63) is 58.4 Å². The number of ether oxygens (including phenoxy) is 2. The lowest BCUT2D eigenvalue weighted by molar-refractivity contribution is -0.170. The Labute approximate surface area is 256 Å². The van der Waals surface area contributed by atoms with Gasteiger partial charge in [0.1, 0.15) is 11.6 Å². The van der Waals surface area contributed by atoms with Crippen molar-refractivity contribution >= 4 is 41.1 Å². The molecular formula is C27H37ClFN3O12. The molecule has 15 nitrogen and oxygen atoms in total. The van der Waals surface area contributed by atoms with Gasteiger partial charge in [-0.15, -0.1) is 0 Å². The van der Waals surface area contributed by atoms with Crippen LogP contribution in [-0.2, 0) is 25.5 Å². The van der Waals surface area contributed by atoms with Gasteiger partial charge < -0.3 is 57.2 Å². The highest BCUT2D eigenvalue weighted by Gasteiger charge is 2.40. The number of amides is 1. The molecule has 0 aromatic heterocycles. The Hall–Kier alpha value is -4.06. The third-order valence-corrected chi connectivity index (χ3v) is 6.35. The van der Waals surface area contributed by atoms with Gasteiger partial charge in [-0.05, 0) is 37.1 Å². The standard InChI is InChI=1S/C21H25ClFN3O3.C6H8O7.2H2O/c1-2-28-19-11-17(24)16(22)10-15(19)21(27)26-18(20-12-25-7-8-29-20)9-13-3-5-14(23)6-4-13;7-3(8)1-6(13,5(11)12)2-4(9)10;;/h3-6,10-11,18,20,25H,2,7-9,12,24H2,1H3,(H,26,27);13H,1-2H2,(H,7,8)(H,9,10)(H,11,12);2*1H2. The van der Waals surface area contributed by atoms with Crippen LogP contribution in [-0.4, -0.2) is 99.2 Å². The Morgan fingerprint density at radius 2 is 1.73 bits per heavy atom. The summed E-state index contributed by atoms with van der Waals surface area (Å²) >= 11 is 6.13. The molecule has 44 heavy (non-hydrogen) atoms. The summed E-state index contributed by atoms with van der Waals surface area (Å²) < 4.78 is 24.7. The van der Waals surface area contributed by atoms with E-state index in [1.54, 1.807) is 18.2 Å². The summed E-state index contributed by atoms with van der Waals surface area (Å²) in [6.07, 6.45) is -2.02. The number of nitrogens with two attached hydrogens (primary N) is 1. The molecule has 0 radical (unpaired) electrons. The molecule has 1 saturated heterocycles. The largest absolute Gasteiger partial charge is 0.493 e. The minimum Gasteiger partial charge on any atom is -0.493 e. The molecule has 12 N–H and O–H groups in total. The summed E-state index contributed by atoms with van der Waals surface area (Å²) in [6, 6.07) is 8.95. The van der Waals surface area contributed by atoms with Crippen LogP contribution in [0, 0.1) is 5.82 Å². The fraction of sp³-hybridized carbons (Fsp3) is 0.407. The zero-order chi connectivity index (χ0) is 31.4. The second-order valence-corrected chi connectivity index (χ2v) is 9.71. The molecule has 1 fully saturated rings. The lowest BCUT2D eigenvalue weighted by Gasteiger charge is -2.32. The summed E-state index contributed by atoms with van der Waals surface area (Å²) in [5.41, 5.74) is 4.65. The SMILES string of the molecule is CCOc1cc(N)c(Cl)cc1C(=O)NC(Cc1ccc(F)cc1)C1CNCCO1.O.O.O=C(O)CC(O)(CC(=O)O)C(=O)O. The second kappa shape index (κ2) is 18.6. The molecule has 1 aliphatic heterocycles. The van der Waals surface area contributed by atoms with E-state index in [-0.39, 0.29) is 39.8 Å². The van der Waals surface area contributed by atoms with Crippen LogP contribution in [0.2, 0.25) is 5.02 Å². The number of nitrogen functional groups attached to an aromatic ring is 1. The average molecular weight is 650 g/mol. The lowest BCUT2D eigenvalue weighted by Crippen LogP contribution is -2.53. The zero-order valence-corrected chi connectivity index (χ0v) is 24.4. The molecule has 3 rings (SSSR count). The summed E-state index contributed by atoms with van der Waals surface area (Å²) in [4.78, 5) is 43.6. The lowest BCUT2D eigenvalue weighted by atomic mass is 9.96. The summed E-state index contributed by atoms with van der Waals surface area (Å²) in [5, 5.41) is 40.4. The van der Waals surface area contributed by atoms with E-state index in [0.29, 0.717) is 43.2 Å². The van der Waals surface area contributed by atoms with Crippen molar-refractivity contribution in [1.82, 2.24) is 10.6 Å². The van der Waals surface area contributed by atoms with Gasteiger partial charge in [0.15, 0.2) is 5.60 Å². The highest BCUT2D eigenvalue weighted by Crippen LogP contribution is 2.29. The Morgan fingerprint density at radius 3 is 2.20 bits per heavy atom. The maximum atomic E-state index is 13.3. The number of benzene rings is 2. The first-order chi connectivity index (χ1) is 19.7. The average Bonchev–Trinajstić information content (AvgIpc) is 2.91. The monoisotopic (exact) mass is 649 g/mol. The van der Waals surface area contributed by atoms with Gasteiger partial charge in [0.25, 0.3) is 5.91 Å². The Kier molecular flexibility index (Phi) is 16.9. The summed E-state index contributed by atoms with van der Waals surface area (Å²) in [6.45, 7) is 4.13. The molecule has 246 valence electrons. The van der Waals surface area contributed by atoms with E-state index in [9.17, 15) is 23.6 Å². The number of hydrogen-bond donors (Lipinski definition) is 7. The van der Waals surface area contributed by atoms with Crippen LogP contribution in [0.1, 0.15) is 35.7 Å². The summed E-state index contributed by atoms with van der Waals surface area (Å²) in [7, 11) is 0. The van der Waals surface area contributed by atoms with Crippen LogP contribution in [0.4, 0.5) is 10.1 Å². The van der Waals surface area contributed by atoms with Crippen LogP contribution in [0.5, 0.6) is 5.75 Å². The summed E-state index contributed by atoms with van der Waals surface area (Å²) in [5.74, 6) is -5.29. The Morgan fingerprint density at radius 1 is 1.14 bits per heavy atom. The van der Waals surface area contributed by atoms with Crippen molar-refractivity contribution in [3.63, 3.8) is 0 Å². The molecular weight excluding hydrogens is 613 g/mol. The van der Waals surface area contributed by atoms with E-state index in [1.165, 1.54) is 18.2 Å². The number of carbonyl (C=O) groups is 4. The number of carboxylic acids is 3. The second-order valence-electron chi connectivity index (χ2n) is 9.30. The molecule has 1 amide bonds. The zero-order valence-electron chi connectivity index (χ0n) is 23.6. The molecule has 1 heterocycles. The van der Waals surface area contributed by atoms with E-state index in [2.05, 4.69) is 10.6 Å². The number of hydrogen-bond acceptors (Lipinski definition) is 9. The van der Waals surface area contributed by atoms with Gasteiger partial charge in [-0.25, -0.2) is 9.18 Å². The van der Waals surface area contributed by atoms with Gasteiger partial charge in [0, 0.05) is 19.2 Å². The predicted molar refractivity (Wildman–Crippen MR) is 155 cm³/mol. The number of aliphatic carboxylic acids is 3. The van der Waals surface area contributed by atoms with Gasteiger partial charge in [0.05, 0.1) is 54.5 Å². The number of nitrogens with one attached hydrogen (secondary N) is 2. The van der Waals surface area contributed by atoms with E-state index in [4.69, 9.17) is 47.2 Å². The maximum absolute atomic E-state index is 13.3. The fourth-order valence-electron chi connectivity index (χ4n) is 3.98. The number of carboxylic acid groups (broad SMARTS) is 3. The minimum atomic E-state index is -2.74. The number of halogens is 2. The van der Waals surface area contributed by atoms with E-state index >= 15 is 0 Å². The molecule has 2 aromatic carbocycles. The van der Waals surface area contributed by atoms with Crippen LogP contribution in [0.15, 0.2) is 36.4 Å². The smallest absolute Gasteiger partial charge is 0.336 e. The Bertz CT molecular complexity index is 1240. The van der Waals surface area contributed by atoms with Crippen molar-refractivity contribution in [3.8, 4) is 5.75 Å². The van der Waals surface area contributed by atoms with Crippen LogP contribution < -0.4 is 21.1 Å².